The van der Waals surface area contributed by atoms with Gasteiger partial charge >= 0.3 is 0 Å². The monoisotopic (exact) mass is 412 g/mol. The number of hydrogen-bond donors (Lipinski definition) is 2. The van der Waals surface area contributed by atoms with Gasteiger partial charge in [-0.25, -0.2) is 0 Å². The first-order valence-electron chi connectivity index (χ1n) is 6.60. The summed E-state index contributed by atoms with van der Waals surface area (Å²) in [5, 5.41) is 6.70. The van der Waals surface area contributed by atoms with E-state index in [2.05, 4.69) is 27.1 Å². The summed E-state index contributed by atoms with van der Waals surface area (Å²) < 4.78 is 0. The average molecular weight is 413 g/mol. The van der Waals surface area contributed by atoms with Crippen LogP contribution in [0.3, 0.4) is 0 Å². The number of carbonyl (C=O) groups is 1. The first kappa shape index (κ1) is 17.6. The lowest BCUT2D eigenvalue weighted by Crippen LogP contribution is -2.51. The summed E-state index contributed by atoms with van der Waals surface area (Å²) >= 11 is 5.77. The Hall–Kier alpha value is -0.500. The number of likely N-dealkylation sites (tertiary alicyclic amines) is 1. The number of guanidine groups is 1. The van der Waals surface area contributed by atoms with Crippen molar-refractivity contribution in [1.29, 1.82) is 0 Å². The number of piperidine rings is 1. The molecule has 2 fully saturated rings. The zero-order valence-electron chi connectivity index (χ0n) is 11.7. The summed E-state index contributed by atoms with van der Waals surface area (Å²) in [6.07, 6.45) is 2.81. The van der Waals surface area contributed by atoms with E-state index in [1.807, 2.05) is 0 Å². The number of carbonyl (C=O) groups excluding carboxylic acids is 1. The second-order valence-corrected chi connectivity index (χ2v) is 5.93. The van der Waals surface area contributed by atoms with Crippen LogP contribution in [0.15, 0.2) is 16.6 Å². The van der Waals surface area contributed by atoms with Crippen LogP contribution < -0.4 is 10.6 Å². The van der Waals surface area contributed by atoms with E-state index >= 15 is 0 Å². The molecule has 2 aliphatic heterocycles. The molecule has 1 atom stereocenters. The minimum absolute atomic E-state index is 0. The lowest BCUT2D eigenvalue weighted by atomic mass is 9.79. The maximum absolute atomic E-state index is 11.5. The molecule has 2 saturated heterocycles. The minimum atomic E-state index is 0. The quantitative estimate of drug-likeness (QED) is 0.411. The molecular weight excluding hydrogens is 391 g/mol. The summed E-state index contributed by atoms with van der Waals surface area (Å²) in [6.45, 7) is 6.77. The molecule has 1 spiro atoms. The first-order valence-corrected chi connectivity index (χ1v) is 6.98. The molecular formula is C13H22ClIN4O. The highest BCUT2D eigenvalue weighted by Gasteiger charge is 2.42. The summed E-state index contributed by atoms with van der Waals surface area (Å²) in [7, 11) is 1.76. The van der Waals surface area contributed by atoms with Gasteiger partial charge in [-0.3, -0.25) is 9.79 Å². The van der Waals surface area contributed by atoms with Gasteiger partial charge < -0.3 is 15.5 Å². The number of rotatable bonds is 2. The summed E-state index contributed by atoms with van der Waals surface area (Å²) in [4.78, 5) is 18.0. The maximum Gasteiger partial charge on any atom is 0.220 e. The van der Waals surface area contributed by atoms with Crippen molar-refractivity contribution < 1.29 is 4.79 Å². The number of nitrogens with one attached hydrogen (secondary N) is 2. The summed E-state index contributed by atoms with van der Waals surface area (Å²) in [5.41, 5.74) is 0.0743. The van der Waals surface area contributed by atoms with Gasteiger partial charge in [0.1, 0.15) is 0 Å². The van der Waals surface area contributed by atoms with Crippen molar-refractivity contribution in [3.8, 4) is 0 Å². The van der Waals surface area contributed by atoms with Crippen molar-refractivity contribution in [3.05, 3.63) is 11.6 Å². The molecule has 1 amide bonds. The van der Waals surface area contributed by atoms with E-state index < -0.39 is 0 Å². The van der Waals surface area contributed by atoms with E-state index in [0.717, 1.165) is 38.4 Å². The Morgan fingerprint density at radius 1 is 1.65 bits per heavy atom. The Labute approximate surface area is 142 Å². The average Bonchev–Trinajstić information content (AvgIpc) is 2.71. The lowest BCUT2D eigenvalue weighted by molar-refractivity contribution is -0.119. The SMILES string of the molecule is C=C(Cl)CNC(=NC)N1CCCC2(CNC(=O)C2)C1.I. The number of amides is 1. The highest BCUT2D eigenvalue weighted by atomic mass is 127. The third-order valence-corrected chi connectivity index (χ3v) is 3.94. The van der Waals surface area contributed by atoms with Crippen LogP contribution in [0, 0.1) is 5.41 Å². The predicted molar refractivity (Wildman–Crippen MR) is 92.6 cm³/mol. The molecule has 0 aromatic rings. The van der Waals surface area contributed by atoms with Crippen molar-refractivity contribution in [2.24, 2.45) is 10.4 Å². The normalized spacial score (nSPS) is 26.2. The van der Waals surface area contributed by atoms with Gasteiger partial charge in [0.05, 0.1) is 6.54 Å². The van der Waals surface area contributed by atoms with Crippen molar-refractivity contribution in [2.45, 2.75) is 19.3 Å². The van der Waals surface area contributed by atoms with Crippen LogP contribution in [0.1, 0.15) is 19.3 Å². The van der Waals surface area contributed by atoms with Crippen LogP contribution in [0.25, 0.3) is 0 Å². The highest BCUT2D eigenvalue weighted by Crippen LogP contribution is 2.35. The fourth-order valence-corrected chi connectivity index (χ4v) is 3.00. The van der Waals surface area contributed by atoms with Gasteiger partial charge in [-0.15, -0.1) is 24.0 Å². The maximum atomic E-state index is 11.5. The molecule has 0 aliphatic carbocycles. The molecule has 2 rings (SSSR count). The van der Waals surface area contributed by atoms with Gasteiger partial charge in [-0.1, -0.05) is 18.2 Å². The van der Waals surface area contributed by atoms with E-state index in [4.69, 9.17) is 11.6 Å². The molecule has 1 unspecified atom stereocenters. The Morgan fingerprint density at radius 2 is 2.40 bits per heavy atom. The van der Waals surface area contributed by atoms with Gasteiger partial charge in [0, 0.05) is 43.6 Å². The molecule has 2 heterocycles. The molecule has 0 bridgehead atoms. The molecule has 2 N–H and O–H groups in total. The molecule has 0 aromatic heterocycles. The Kier molecular flexibility index (Phi) is 6.57. The highest BCUT2D eigenvalue weighted by molar-refractivity contribution is 14.0. The van der Waals surface area contributed by atoms with Gasteiger partial charge in [0.2, 0.25) is 5.91 Å². The molecule has 20 heavy (non-hydrogen) atoms. The standard InChI is InChI=1S/C13H21ClN4O.HI/c1-10(14)7-16-12(15-2)18-5-3-4-13(9-18)6-11(19)17-8-13;/h1,3-9H2,2H3,(H,15,16)(H,17,19);1H. The Bertz CT molecular complexity index is 415. The first-order chi connectivity index (χ1) is 9.04. The third-order valence-electron chi connectivity index (χ3n) is 3.81. The molecule has 2 aliphatic rings. The van der Waals surface area contributed by atoms with Crippen molar-refractivity contribution in [2.75, 3.05) is 33.2 Å². The van der Waals surface area contributed by atoms with E-state index in [1.165, 1.54) is 0 Å². The predicted octanol–water partition coefficient (Wildman–Crippen LogP) is 1.53. The van der Waals surface area contributed by atoms with Gasteiger partial charge in [0.25, 0.3) is 0 Å². The van der Waals surface area contributed by atoms with Crippen LogP contribution in [-0.4, -0.2) is 50.0 Å². The Morgan fingerprint density at radius 3 is 2.95 bits per heavy atom. The van der Waals surface area contributed by atoms with Crippen LogP contribution in [0.4, 0.5) is 0 Å². The van der Waals surface area contributed by atoms with E-state index in [9.17, 15) is 4.79 Å². The molecule has 5 nitrogen and oxygen atoms in total. The molecule has 0 aromatic carbocycles. The number of halogens is 2. The summed E-state index contributed by atoms with van der Waals surface area (Å²) in [5.74, 6) is 0.999. The molecule has 7 heteroatoms. The lowest BCUT2D eigenvalue weighted by Gasteiger charge is -2.40. The van der Waals surface area contributed by atoms with Crippen LogP contribution >= 0.6 is 35.6 Å². The largest absolute Gasteiger partial charge is 0.355 e. The zero-order valence-corrected chi connectivity index (χ0v) is 14.8. The fraction of sp³-hybridized carbons (Fsp3) is 0.692. The Balaban J connectivity index is 0.00000200. The van der Waals surface area contributed by atoms with Gasteiger partial charge in [0.15, 0.2) is 5.96 Å². The van der Waals surface area contributed by atoms with Crippen molar-refractivity contribution >= 4 is 47.4 Å². The molecule has 114 valence electrons. The van der Waals surface area contributed by atoms with E-state index in [0.29, 0.717) is 18.0 Å². The second-order valence-electron chi connectivity index (χ2n) is 5.40. The van der Waals surface area contributed by atoms with Gasteiger partial charge in [-0.2, -0.15) is 0 Å². The van der Waals surface area contributed by atoms with Crippen LogP contribution in [-0.2, 0) is 4.79 Å². The van der Waals surface area contributed by atoms with Gasteiger partial charge in [-0.05, 0) is 12.8 Å². The second kappa shape index (κ2) is 7.49. The smallest absolute Gasteiger partial charge is 0.220 e. The van der Waals surface area contributed by atoms with Crippen molar-refractivity contribution in [3.63, 3.8) is 0 Å². The number of aliphatic imine (C=N–C) groups is 1. The van der Waals surface area contributed by atoms with E-state index in [1.54, 1.807) is 7.05 Å². The topological polar surface area (TPSA) is 56.7 Å². The van der Waals surface area contributed by atoms with Crippen LogP contribution in [0.5, 0.6) is 0 Å². The fourth-order valence-electron chi connectivity index (χ4n) is 2.94. The molecule has 0 saturated carbocycles. The number of hydrogen-bond acceptors (Lipinski definition) is 2. The number of nitrogens with zero attached hydrogens (tertiary/aromatic N) is 2. The van der Waals surface area contributed by atoms with Crippen LogP contribution in [0.2, 0.25) is 0 Å². The summed E-state index contributed by atoms with van der Waals surface area (Å²) in [6, 6.07) is 0. The third kappa shape index (κ3) is 4.25. The minimum Gasteiger partial charge on any atom is -0.355 e. The van der Waals surface area contributed by atoms with Crippen molar-refractivity contribution in [1.82, 2.24) is 15.5 Å². The molecule has 0 radical (unpaired) electrons. The zero-order chi connectivity index (χ0) is 13.9. The van der Waals surface area contributed by atoms with E-state index in [-0.39, 0.29) is 35.3 Å².